The van der Waals surface area contributed by atoms with E-state index in [0.29, 0.717) is 10.7 Å². The Kier molecular flexibility index (Phi) is 6.05. The second-order valence-corrected chi connectivity index (χ2v) is 8.20. The molecular formula is C24H22N4OS. The van der Waals surface area contributed by atoms with Crippen molar-refractivity contribution in [2.45, 2.75) is 30.7 Å². The number of aryl methyl sites for hydroxylation is 1. The summed E-state index contributed by atoms with van der Waals surface area (Å²) in [5, 5.41) is 9.22. The lowest BCUT2D eigenvalue weighted by Gasteiger charge is -2.13. The number of para-hydroxylation sites is 1. The van der Waals surface area contributed by atoms with Crippen LogP contribution in [0.5, 0.6) is 0 Å². The molecule has 0 fully saturated rings. The number of rotatable bonds is 7. The average Bonchev–Trinajstić information content (AvgIpc) is 3.23. The largest absolute Gasteiger partial charge is 0.293 e. The molecule has 30 heavy (non-hydrogen) atoms. The molecule has 0 N–H and O–H groups in total. The van der Waals surface area contributed by atoms with Crippen LogP contribution in [0.4, 0.5) is 0 Å². The molecule has 0 aliphatic heterocycles. The van der Waals surface area contributed by atoms with Crippen LogP contribution in [-0.2, 0) is 6.42 Å². The highest BCUT2D eigenvalue weighted by Crippen LogP contribution is 2.31. The van der Waals surface area contributed by atoms with Gasteiger partial charge in [-0.15, -0.1) is 10.2 Å². The molecule has 4 rings (SSSR count). The van der Waals surface area contributed by atoms with Gasteiger partial charge in [0.1, 0.15) is 0 Å². The van der Waals surface area contributed by atoms with Gasteiger partial charge < -0.3 is 0 Å². The fourth-order valence-corrected chi connectivity index (χ4v) is 4.14. The normalized spacial score (nSPS) is 11.9. The van der Waals surface area contributed by atoms with E-state index in [9.17, 15) is 4.79 Å². The second kappa shape index (κ2) is 9.05. The van der Waals surface area contributed by atoms with Gasteiger partial charge in [0, 0.05) is 29.2 Å². The van der Waals surface area contributed by atoms with Crippen molar-refractivity contribution in [3.63, 3.8) is 0 Å². The van der Waals surface area contributed by atoms with Crippen LogP contribution in [-0.4, -0.2) is 30.8 Å². The number of hydrogen-bond donors (Lipinski definition) is 0. The molecule has 0 spiro atoms. The maximum Gasteiger partial charge on any atom is 0.196 e. The van der Waals surface area contributed by atoms with Crippen molar-refractivity contribution < 1.29 is 4.79 Å². The molecule has 0 saturated heterocycles. The number of hydrogen-bond acceptors (Lipinski definition) is 5. The van der Waals surface area contributed by atoms with Crippen molar-refractivity contribution in [3.05, 3.63) is 90.3 Å². The second-order valence-electron chi connectivity index (χ2n) is 6.89. The third-order valence-corrected chi connectivity index (χ3v) is 5.93. The molecule has 1 atom stereocenters. The molecule has 0 amide bonds. The summed E-state index contributed by atoms with van der Waals surface area (Å²) in [5.41, 5.74) is 3.80. The summed E-state index contributed by atoms with van der Waals surface area (Å²) in [7, 11) is 0. The van der Waals surface area contributed by atoms with E-state index >= 15 is 0 Å². The Morgan fingerprint density at radius 1 is 0.967 bits per heavy atom. The zero-order valence-electron chi connectivity index (χ0n) is 16.9. The van der Waals surface area contributed by atoms with Crippen LogP contribution in [0.3, 0.4) is 0 Å². The van der Waals surface area contributed by atoms with Crippen molar-refractivity contribution >= 4 is 17.5 Å². The Hall–Kier alpha value is -3.25. The lowest BCUT2D eigenvalue weighted by molar-refractivity contribution is 0.0994. The summed E-state index contributed by atoms with van der Waals surface area (Å²) in [5.74, 6) is 0.800. The zero-order chi connectivity index (χ0) is 20.9. The lowest BCUT2D eigenvalue weighted by atomic mass is 10.1. The molecule has 5 nitrogen and oxygen atoms in total. The fourth-order valence-electron chi connectivity index (χ4n) is 3.20. The number of benzene rings is 2. The van der Waals surface area contributed by atoms with E-state index in [1.807, 2.05) is 78.2 Å². The van der Waals surface area contributed by atoms with Gasteiger partial charge in [0.2, 0.25) is 0 Å². The minimum atomic E-state index is -0.297. The molecule has 0 radical (unpaired) electrons. The molecule has 0 unspecified atom stereocenters. The van der Waals surface area contributed by atoms with Crippen LogP contribution in [0, 0.1) is 0 Å². The van der Waals surface area contributed by atoms with E-state index in [4.69, 9.17) is 0 Å². The van der Waals surface area contributed by atoms with Crippen molar-refractivity contribution in [1.29, 1.82) is 0 Å². The van der Waals surface area contributed by atoms with Crippen LogP contribution < -0.4 is 0 Å². The third kappa shape index (κ3) is 4.19. The maximum atomic E-state index is 13.0. The van der Waals surface area contributed by atoms with Crippen molar-refractivity contribution in [3.8, 4) is 17.1 Å². The van der Waals surface area contributed by atoms with E-state index in [0.717, 1.165) is 23.5 Å². The first kappa shape index (κ1) is 20.0. The molecule has 0 bridgehead atoms. The predicted octanol–water partition coefficient (Wildman–Crippen LogP) is 5.26. The van der Waals surface area contributed by atoms with Gasteiger partial charge in [0.05, 0.1) is 5.25 Å². The van der Waals surface area contributed by atoms with Gasteiger partial charge in [-0.25, -0.2) is 0 Å². The number of carbonyl (C=O) groups is 1. The van der Waals surface area contributed by atoms with Gasteiger partial charge in [-0.3, -0.25) is 14.3 Å². The van der Waals surface area contributed by atoms with Gasteiger partial charge in [-0.05, 0) is 43.2 Å². The highest BCUT2D eigenvalue weighted by molar-refractivity contribution is 8.00. The Balaban J connectivity index is 1.67. The molecule has 2 aromatic heterocycles. The van der Waals surface area contributed by atoms with Gasteiger partial charge >= 0.3 is 0 Å². The van der Waals surface area contributed by atoms with Gasteiger partial charge in [0.25, 0.3) is 0 Å². The van der Waals surface area contributed by atoms with E-state index in [1.54, 1.807) is 12.4 Å². The van der Waals surface area contributed by atoms with Crippen molar-refractivity contribution in [2.24, 2.45) is 0 Å². The third-order valence-electron chi connectivity index (χ3n) is 4.88. The Morgan fingerprint density at radius 2 is 1.67 bits per heavy atom. The first-order chi connectivity index (χ1) is 14.7. The van der Waals surface area contributed by atoms with E-state index < -0.39 is 0 Å². The lowest BCUT2D eigenvalue weighted by Crippen LogP contribution is -2.14. The van der Waals surface area contributed by atoms with Crippen LogP contribution in [0.2, 0.25) is 0 Å². The molecule has 2 heterocycles. The summed E-state index contributed by atoms with van der Waals surface area (Å²) < 4.78 is 1.99. The van der Waals surface area contributed by atoms with E-state index in [1.165, 1.54) is 17.3 Å². The number of ketones is 1. The summed E-state index contributed by atoms with van der Waals surface area (Å²) >= 11 is 1.42. The topological polar surface area (TPSA) is 60.7 Å². The molecule has 0 saturated carbocycles. The first-order valence-electron chi connectivity index (χ1n) is 9.88. The van der Waals surface area contributed by atoms with Crippen LogP contribution >= 0.6 is 11.8 Å². The summed E-state index contributed by atoms with van der Waals surface area (Å²) in [6, 6.07) is 21.6. The van der Waals surface area contributed by atoms with Gasteiger partial charge in [-0.1, -0.05) is 61.2 Å². The number of nitrogens with zero attached hydrogens (tertiary/aromatic N) is 4. The number of carbonyl (C=O) groups excluding carboxylic acids is 1. The zero-order valence-corrected chi connectivity index (χ0v) is 17.7. The van der Waals surface area contributed by atoms with E-state index in [2.05, 4.69) is 22.1 Å². The molecule has 0 aliphatic carbocycles. The highest BCUT2D eigenvalue weighted by atomic mass is 32.2. The SMILES string of the molecule is CCc1ccc(C(=O)[C@H](C)Sc2nnc(-c3ccncc3)n2-c2ccccc2)cc1. The minimum Gasteiger partial charge on any atom is -0.293 e. The molecule has 4 aromatic rings. The molecule has 150 valence electrons. The van der Waals surface area contributed by atoms with Crippen LogP contribution in [0.25, 0.3) is 17.1 Å². The number of pyridine rings is 1. The quantitative estimate of drug-likeness (QED) is 0.305. The molecule has 0 aliphatic rings. The van der Waals surface area contributed by atoms with Crippen LogP contribution in [0.1, 0.15) is 29.8 Å². The van der Waals surface area contributed by atoms with Crippen molar-refractivity contribution in [1.82, 2.24) is 19.7 Å². The molecule has 2 aromatic carbocycles. The summed E-state index contributed by atoms with van der Waals surface area (Å²) in [6.07, 6.45) is 4.42. The Labute approximate surface area is 180 Å². The number of aromatic nitrogens is 4. The van der Waals surface area contributed by atoms with E-state index in [-0.39, 0.29) is 11.0 Å². The average molecular weight is 415 g/mol. The summed E-state index contributed by atoms with van der Waals surface area (Å²) in [4.78, 5) is 17.1. The van der Waals surface area contributed by atoms with Crippen LogP contribution in [0.15, 0.2) is 84.3 Å². The first-order valence-corrected chi connectivity index (χ1v) is 10.8. The monoisotopic (exact) mass is 414 g/mol. The molecular weight excluding hydrogens is 392 g/mol. The fraction of sp³-hybridized carbons (Fsp3) is 0.167. The standard InChI is InChI=1S/C24H22N4OS/c1-3-18-9-11-19(12-10-18)22(29)17(2)30-24-27-26-23(20-13-15-25-16-14-20)28(24)21-7-5-4-6-8-21/h4-17H,3H2,1-2H3/t17-/m0/s1. The number of Topliss-reactive ketones (excluding diaryl/α,β-unsaturated/α-hetero) is 1. The summed E-state index contributed by atoms with van der Waals surface area (Å²) in [6.45, 7) is 4.02. The smallest absolute Gasteiger partial charge is 0.196 e. The maximum absolute atomic E-state index is 13.0. The van der Waals surface area contributed by atoms with Gasteiger partial charge in [-0.2, -0.15) is 0 Å². The number of thioether (sulfide) groups is 1. The minimum absolute atomic E-state index is 0.0794. The Morgan fingerprint density at radius 3 is 2.33 bits per heavy atom. The van der Waals surface area contributed by atoms with Crippen molar-refractivity contribution in [2.75, 3.05) is 0 Å². The van der Waals surface area contributed by atoms with Gasteiger partial charge in [0.15, 0.2) is 16.8 Å². The predicted molar refractivity (Wildman–Crippen MR) is 120 cm³/mol. The highest BCUT2D eigenvalue weighted by Gasteiger charge is 2.22. The Bertz CT molecular complexity index is 1130. The molecule has 6 heteroatoms.